The Labute approximate surface area is 350 Å². The number of primary amides is 1. The van der Waals surface area contributed by atoms with Crippen LogP contribution in [0.4, 0.5) is 0 Å². The van der Waals surface area contributed by atoms with Gasteiger partial charge in [-0.2, -0.15) is 11.8 Å². The molecule has 10 atom stereocenters. The molecule has 8 amide bonds. The lowest BCUT2D eigenvalue weighted by atomic mass is 9.94. The van der Waals surface area contributed by atoms with Gasteiger partial charge in [-0.15, -0.1) is 0 Å². The van der Waals surface area contributed by atoms with Crippen LogP contribution in [-0.2, 0) is 52.2 Å². The number of carbonyl (C=O) groups excluding carboxylic acids is 8. The highest BCUT2D eigenvalue weighted by Crippen LogP contribution is 2.35. The van der Waals surface area contributed by atoms with E-state index in [1.165, 1.54) is 11.8 Å². The molecule has 0 bridgehead atoms. The zero-order valence-electron chi connectivity index (χ0n) is 34.2. The Balaban J connectivity index is 5.87. The molecule has 0 radical (unpaired) electrons. The van der Waals surface area contributed by atoms with Crippen molar-refractivity contribution in [2.75, 3.05) is 31.8 Å². The first kappa shape index (κ1) is 55.6. The third kappa shape index (κ3) is 20.7. The van der Waals surface area contributed by atoms with E-state index in [1.807, 2.05) is 5.32 Å². The van der Waals surface area contributed by atoms with Gasteiger partial charge in [-0.25, -0.2) is 9.36 Å². The number of nitrogens with one attached hydrogen (secondary N) is 7. The molecule has 16 N–H and O–H groups in total. The average molecular weight is 902 g/mol. The van der Waals surface area contributed by atoms with E-state index >= 15 is 0 Å². The summed E-state index contributed by atoms with van der Waals surface area (Å²) in [7, 11) is -5.22. The Morgan fingerprint density at radius 1 is 0.717 bits per heavy atom. The van der Waals surface area contributed by atoms with Crippen molar-refractivity contribution in [1.29, 1.82) is 0 Å². The number of rotatable bonds is 29. The fourth-order valence-corrected chi connectivity index (χ4v) is 5.79. The molecule has 25 nitrogen and oxygen atoms in total. The van der Waals surface area contributed by atoms with Crippen molar-refractivity contribution in [2.24, 2.45) is 23.3 Å². The van der Waals surface area contributed by atoms with Gasteiger partial charge in [0.05, 0.1) is 38.3 Å². The van der Waals surface area contributed by atoms with Crippen LogP contribution < -0.4 is 48.7 Å². The molecule has 0 aliphatic heterocycles. The summed E-state index contributed by atoms with van der Waals surface area (Å²) in [6, 6.07) is -10.8. The van der Waals surface area contributed by atoms with E-state index in [2.05, 4.69) is 36.4 Å². The van der Waals surface area contributed by atoms with Crippen LogP contribution in [0.2, 0.25) is 0 Å². The maximum Gasteiger partial charge on any atom is 0.469 e. The van der Waals surface area contributed by atoms with Gasteiger partial charge in [0.2, 0.25) is 47.3 Å². The number of carboxylic acids is 1. The second-order valence-corrected chi connectivity index (χ2v) is 16.0. The van der Waals surface area contributed by atoms with E-state index in [0.29, 0.717) is 18.6 Å². The number of nitrogens with two attached hydrogens (primary N) is 2. The maximum atomic E-state index is 13.4. The molecule has 0 saturated heterocycles. The third-order valence-corrected chi connectivity index (χ3v) is 10.1. The fraction of sp³-hybridized carbons (Fsp3) is 0.727. The van der Waals surface area contributed by atoms with E-state index in [1.54, 1.807) is 34.0 Å². The maximum absolute atomic E-state index is 13.4. The van der Waals surface area contributed by atoms with Gasteiger partial charge >= 0.3 is 13.8 Å². The number of carboxylic acid groups (broad SMARTS) is 1. The molecular weight excluding hydrogens is 841 g/mol. The van der Waals surface area contributed by atoms with Crippen molar-refractivity contribution < 1.29 is 77.3 Å². The molecule has 0 aromatic carbocycles. The van der Waals surface area contributed by atoms with Crippen molar-refractivity contribution in [3.05, 3.63) is 0 Å². The Bertz CT molecular complexity index is 1550. The number of hydrogen-bond acceptors (Lipinski definition) is 15. The Morgan fingerprint density at radius 2 is 1.20 bits per heavy atom. The van der Waals surface area contributed by atoms with Crippen molar-refractivity contribution in [3.63, 3.8) is 0 Å². The molecule has 0 spiro atoms. The predicted octanol–water partition coefficient (Wildman–Crippen LogP) is -5.37. The molecule has 0 aliphatic rings. The van der Waals surface area contributed by atoms with Crippen molar-refractivity contribution in [1.82, 2.24) is 37.2 Å². The molecule has 0 heterocycles. The number of aliphatic hydroxyl groups excluding tert-OH is 2. The first-order valence-electron chi connectivity index (χ1n) is 18.7. The Hall–Kier alpha value is -4.43. The summed E-state index contributed by atoms with van der Waals surface area (Å²) in [6.45, 7) is 4.68. The summed E-state index contributed by atoms with van der Waals surface area (Å²) in [4.78, 5) is 132. The van der Waals surface area contributed by atoms with Gasteiger partial charge in [-0.1, -0.05) is 40.5 Å². The van der Waals surface area contributed by atoms with Crippen LogP contribution in [0.3, 0.4) is 0 Å². The number of carbonyl (C=O) groups is 9. The number of phosphoric acid groups is 1. The minimum atomic E-state index is -5.22. The lowest BCUT2D eigenvalue weighted by molar-refractivity contribution is -0.142. The van der Waals surface area contributed by atoms with Gasteiger partial charge in [0.25, 0.3) is 0 Å². The minimum absolute atomic E-state index is 0.0619. The van der Waals surface area contributed by atoms with Crippen molar-refractivity contribution >= 4 is 72.8 Å². The molecule has 344 valence electrons. The van der Waals surface area contributed by atoms with E-state index < -0.39 is 147 Å². The standard InChI is InChI=1S/C33H60N9O16PS/c1-7-15(3)24(42-31(51)25(16(4)8-2)41-27(47)18(34)11-22(35)45)30(50)38-20(13-43)28(48)36-12-23(46)40-26(17(5)44)32(52)39-21(14-58-59(55,56)57)29(49)37-19(33(53)54)9-10-60-6/h15-21,24-26,43-44H,7-14,34H2,1-6H3,(H2,35,45)(H,36,48)(H,37,49)(H,38,50)(H,39,52)(H,40,46)(H,41,47)(H,42,51)(H,53,54)(H2,55,56,57)/t15-,16-,17+,18-,19-,20-,21-,24-,25-,26-/m0/s1. The highest BCUT2D eigenvalue weighted by atomic mass is 32.2. The molecule has 60 heavy (non-hydrogen) atoms. The molecule has 27 heteroatoms. The summed E-state index contributed by atoms with van der Waals surface area (Å²) < 4.78 is 15.7. The van der Waals surface area contributed by atoms with Gasteiger partial charge in [0.1, 0.15) is 36.3 Å². The predicted molar refractivity (Wildman–Crippen MR) is 213 cm³/mol. The third-order valence-electron chi connectivity index (χ3n) is 8.93. The van der Waals surface area contributed by atoms with Gasteiger partial charge in [0.15, 0.2) is 0 Å². The van der Waals surface area contributed by atoms with Crippen LogP contribution in [0.1, 0.15) is 60.3 Å². The smallest absolute Gasteiger partial charge is 0.469 e. The summed E-state index contributed by atoms with van der Waals surface area (Å²) >= 11 is 1.27. The first-order chi connectivity index (χ1) is 27.8. The first-order valence-corrected chi connectivity index (χ1v) is 21.6. The number of amides is 8. The van der Waals surface area contributed by atoms with Crippen LogP contribution in [0.25, 0.3) is 0 Å². The fourth-order valence-electron chi connectivity index (χ4n) is 4.97. The summed E-state index contributed by atoms with van der Waals surface area (Å²) in [6.07, 6.45) is 0.162. The summed E-state index contributed by atoms with van der Waals surface area (Å²) in [5.41, 5.74) is 10.8. The van der Waals surface area contributed by atoms with Crippen molar-refractivity contribution in [2.45, 2.75) is 109 Å². The minimum Gasteiger partial charge on any atom is -0.480 e. The van der Waals surface area contributed by atoms with Gasteiger partial charge in [0, 0.05) is 0 Å². The largest absolute Gasteiger partial charge is 0.480 e. The second-order valence-electron chi connectivity index (χ2n) is 13.8. The quantitative estimate of drug-likeness (QED) is 0.0312. The van der Waals surface area contributed by atoms with Crippen molar-refractivity contribution in [3.8, 4) is 0 Å². The molecule has 0 aliphatic carbocycles. The van der Waals surface area contributed by atoms with E-state index in [4.69, 9.17) is 21.3 Å². The van der Waals surface area contributed by atoms with E-state index in [0.717, 1.165) is 6.92 Å². The second kappa shape index (κ2) is 27.4. The number of hydrogen-bond donors (Lipinski definition) is 14. The molecular formula is C33H60N9O16PS. The molecule has 0 aromatic heterocycles. The topological polar surface area (TPSA) is 417 Å². The zero-order valence-corrected chi connectivity index (χ0v) is 35.9. The van der Waals surface area contributed by atoms with Crippen LogP contribution in [0.15, 0.2) is 0 Å². The Kier molecular flexibility index (Phi) is 25.4. The van der Waals surface area contributed by atoms with Crippen LogP contribution in [0.5, 0.6) is 0 Å². The lowest BCUT2D eigenvalue weighted by Gasteiger charge is -2.30. The molecule has 0 aromatic rings. The number of thioether (sulfide) groups is 1. The summed E-state index contributed by atoms with van der Waals surface area (Å²) in [5, 5.41) is 45.3. The van der Waals surface area contributed by atoms with Crippen LogP contribution >= 0.6 is 19.6 Å². The number of aliphatic carboxylic acids is 1. The SMILES string of the molecule is CC[C@H](C)[C@H](NC(=O)[C@@H](NC(=O)[C@@H](N)CC(N)=O)[C@@H](C)CC)C(=O)N[C@@H](CO)C(=O)NCC(=O)N[C@H](C(=O)N[C@@H](COP(=O)(O)O)C(=O)N[C@@H](CCSC)C(=O)O)[C@@H](C)O. The van der Waals surface area contributed by atoms with E-state index in [9.17, 15) is 63.0 Å². The molecule has 0 rings (SSSR count). The van der Waals surface area contributed by atoms with Gasteiger partial charge < -0.3 is 73.8 Å². The normalized spacial score (nSPS) is 16.4. The zero-order chi connectivity index (χ0) is 46.5. The Morgan fingerprint density at radius 3 is 1.65 bits per heavy atom. The monoisotopic (exact) mass is 901 g/mol. The summed E-state index contributed by atoms with van der Waals surface area (Å²) in [5.74, 6) is -10.4. The van der Waals surface area contributed by atoms with E-state index in [-0.39, 0.29) is 6.42 Å². The average Bonchev–Trinajstić information content (AvgIpc) is 3.17. The number of phosphoric ester groups is 1. The molecule has 0 saturated carbocycles. The molecule has 0 unspecified atom stereocenters. The van der Waals surface area contributed by atoms with Crippen LogP contribution in [-0.4, -0.2) is 158 Å². The highest BCUT2D eigenvalue weighted by molar-refractivity contribution is 7.98. The molecule has 0 fully saturated rings. The lowest BCUT2D eigenvalue weighted by Crippen LogP contribution is -2.61. The van der Waals surface area contributed by atoms with Gasteiger partial charge in [-0.05, 0) is 37.2 Å². The van der Waals surface area contributed by atoms with Gasteiger partial charge in [-0.3, -0.25) is 42.9 Å². The highest BCUT2D eigenvalue weighted by Gasteiger charge is 2.36. The number of aliphatic hydroxyl groups is 2. The van der Waals surface area contributed by atoms with Crippen LogP contribution in [0, 0.1) is 11.8 Å².